The number of rotatable bonds is 11. The van der Waals surface area contributed by atoms with Gasteiger partial charge in [0.15, 0.2) is 0 Å². The van der Waals surface area contributed by atoms with Crippen LogP contribution < -0.4 is 0 Å². The Kier molecular flexibility index (Phi) is 12.0. The van der Waals surface area contributed by atoms with Crippen molar-refractivity contribution < 1.29 is 14.3 Å². The lowest BCUT2D eigenvalue weighted by atomic mass is 10.1. The van der Waals surface area contributed by atoms with E-state index in [9.17, 15) is 9.59 Å². The van der Waals surface area contributed by atoms with E-state index >= 15 is 0 Å². The summed E-state index contributed by atoms with van der Waals surface area (Å²) < 4.78 is 4.72. The first-order chi connectivity index (χ1) is 8.70. The molecule has 3 nitrogen and oxygen atoms in total. The van der Waals surface area contributed by atoms with E-state index in [-0.39, 0.29) is 11.9 Å². The van der Waals surface area contributed by atoms with E-state index in [0.717, 1.165) is 25.7 Å². The van der Waals surface area contributed by atoms with Gasteiger partial charge in [-0.05, 0) is 12.8 Å². The molecule has 3 heteroatoms. The molecule has 0 aliphatic rings. The molecule has 0 aliphatic carbocycles. The molecule has 0 fully saturated rings. The molecule has 0 rings (SSSR count). The molecule has 0 N–H and O–H groups in total. The minimum atomic E-state index is -0.371. The Labute approximate surface area is 111 Å². The topological polar surface area (TPSA) is 43.4 Å². The predicted octanol–water partition coefficient (Wildman–Crippen LogP) is 4.39. The van der Waals surface area contributed by atoms with Crippen LogP contribution in [-0.4, -0.2) is 11.9 Å². The summed E-state index contributed by atoms with van der Waals surface area (Å²) in [7, 11) is 0. The van der Waals surface area contributed by atoms with Crippen LogP contribution in [-0.2, 0) is 14.3 Å². The molecule has 0 aliphatic heterocycles. The Bertz CT molecular complexity index is 224. The maximum absolute atomic E-state index is 11.3. The molecule has 0 amide bonds. The predicted molar refractivity (Wildman–Crippen MR) is 73.2 cm³/mol. The fraction of sp³-hybridized carbons (Fsp3) is 0.867. The Balaban J connectivity index is 3.34. The van der Waals surface area contributed by atoms with Gasteiger partial charge in [0.05, 0.1) is 0 Å². The molecule has 0 aromatic carbocycles. The molecule has 0 saturated heterocycles. The van der Waals surface area contributed by atoms with Crippen LogP contribution in [0.1, 0.15) is 84.5 Å². The summed E-state index contributed by atoms with van der Waals surface area (Å²) in [5, 5.41) is 0. The lowest BCUT2D eigenvalue weighted by molar-refractivity contribution is -0.159. The zero-order valence-electron chi connectivity index (χ0n) is 12.0. The fourth-order valence-corrected chi connectivity index (χ4v) is 1.78. The maximum atomic E-state index is 11.3. The molecule has 0 aromatic heterocycles. The Morgan fingerprint density at radius 2 is 1.11 bits per heavy atom. The lowest BCUT2D eigenvalue weighted by Gasteiger charge is -2.03. The highest BCUT2D eigenvalue weighted by Crippen LogP contribution is 2.09. The molecule has 0 heterocycles. The molecule has 0 unspecified atom stereocenters. The first-order valence-corrected chi connectivity index (χ1v) is 7.44. The summed E-state index contributed by atoms with van der Waals surface area (Å²) >= 11 is 0. The Morgan fingerprint density at radius 1 is 0.667 bits per heavy atom. The Hall–Kier alpha value is -0.860. The van der Waals surface area contributed by atoms with E-state index in [1.807, 2.05) is 6.92 Å². The zero-order valence-corrected chi connectivity index (χ0v) is 12.0. The van der Waals surface area contributed by atoms with Gasteiger partial charge in [-0.15, -0.1) is 0 Å². The number of unbranched alkanes of at least 4 members (excludes halogenated alkanes) is 7. The average molecular weight is 256 g/mol. The minimum absolute atomic E-state index is 0.357. The van der Waals surface area contributed by atoms with Gasteiger partial charge in [-0.25, -0.2) is 0 Å². The second-order valence-corrected chi connectivity index (χ2v) is 4.82. The molecule has 0 atom stereocenters. The van der Waals surface area contributed by atoms with Crippen molar-refractivity contribution in [1.82, 2.24) is 0 Å². The summed E-state index contributed by atoms with van der Waals surface area (Å²) in [6.45, 7) is 4.21. The summed E-state index contributed by atoms with van der Waals surface area (Å²) in [4.78, 5) is 22.5. The number of carbonyl (C=O) groups is 2. The molecule has 106 valence electrons. The van der Waals surface area contributed by atoms with Crippen molar-refractivity contribution in [1.29, 1.82) is 0 Å². The van der Waals surface area contributed by atoms with Gasteiger partial charge in [0.1, 0.15) is 0 Å². The van der Waals surface area contributed by atoms with Crippen LogP contribution >= 0.6 is 0 Å². The van der Waals surface area contributed by atoms with E-state index in [2.05, 4.69) is 6.92 Å². The van der Waals surface area contributed by atoms with Crippen molar-refractivity contribution in [3.05, 3.63) is 0 Å². The summed E-state index contributed by atoms with van der Waals surface area (Å²) in [5.41, 5.74) is 0. The van der Waals surface area contributed by atoms with Gasteiger partial charge in [0, 0.05) is 12.8 Å². The van der Waals surface area contributed by atoms with Gasteiger partial charge in [0.25, 0.3) is 0 Å². The zero-order chi connectivity index (χ0) is 13.6. The van der Waals surface area contributed by atoms with Gasteiger partial charge in [-0.1, -0.05) is 58.8 Å². The van der Waals surface area contributed by atoms with E-state index in [4.69, 9.17) is 4.74 Å². The van der Waals surface area contributed by atoms with Gasteiger partial charge >= 0.3 is 11.9 Å². The van der Waals surface area contributed by atoms with E-state index < -0.39 is 0 Å². The van der Waals surface area contributed by atoms with Crippen molar-refractivity contribution in [2.45, 2.75) is 84.5 Å². The van der Waals surface area contributed by atoms with Crippen molar-refractivity contribution in [3.8, 4) is 0 Å². The summed E-state index contributed by atoms with van der Waals surface area (Å²) in [6.07, 6.45) is 10.6. The Morgan fingerprint density at radius 3 is 1.67 bits per heavy atom. The maximum Gasteiger partial charge on any atom is 0.313 e. The summed E-state index contributed by atoms with van der Waals surface area (Å²) in [5.74, 6) is -0.727. The van der Waals surface area contributed by atoms with Crippen LogP contribution in [0.3, 0.4) is 0 Å². The molecule has 18 heavy (non-hydrogen) atoms. The van der Waals surface area contributed by atoms with E-state index in [1.165, 1.54) is 32.1 Å². The normalized spacial score (nSPS) is 10.3. The number of hydrogen-bond acceptors (Lipinski definition) is 3. The highest BCUT2D eigenvalue weighted by atomic mass is 16.6. The standard InChI is InChI=1S/C15H28O3/c1-3-5-7-8-9-10-11-13-15(17)18-14(16)12-6-4-2/h3-13H2,1-2H3. The lowest BCUT2D eigenvalue weighted by Crippen LogP contribution is -2.11. The summed E-state index contributed by atoms with van der Waals surface area (Å²) in [6, 6.07) is 0. The van der Waals surface area contributed by atoms with Gasteiger partial charge in [0.2, 0.25) is 0 Å². The molecular formula is C15H28O3. The third kappa shape index (κ3) is 11.6. The van der Waals surface area contributed by atoms with Gasteiger partial charge < -0.3 is 4.74 Å². The van der Waals surface area contributed by atoms with Crippen LogP contribution in [0.5, 0.6) is 0 Å². The third-order valence-corrected chi connectivity index (χ3v) is 2.95. The van der Waals surface area contributed by atoms with Crippen LogP contribution in [0.15, 0.2) is 0 Å². The van der Waals surface area contributed by atoms with Crippen molar-refractivity contribution in [2.24, 2.45) is 0 Å². The number of hydrogen-bond donors (Lipinski definition) is 0. The van der Waals surface area contributed by atoms with Crippen LogP contribution in [0.25, 0.3) is 0 Å². The smallest absolute Gasteiger partial charge is 0.313 e. The van der Waals surface area contributed by atoms with Crippen molar-refractivity contribution in [2.75, 3.05) is 0 Å². The highest BCUT2D eigenvalue weighted by molar-refractivity contribution is 5.85. The second-order valence-electron chi connectivity index (χ2n) is 4.82. The molecule has 0 aromatic rings. The molecule has 0 spiro atoms. The van der Waals surface area contributed by atoms with Crippen molar-refractivity contribution in [3.63, 3.8) is 0 Å². The van der Waals surface area contributed by atoms with Crippen LogP contribution in [0.4, 0.5) is 0 Å². The monoisotopic (exact) mass is 256 g/mol. The first kappa shape index (κ1) is 17.1. The van der Waals surface area contributed by atoms with Crippen molar-refractivity contribution >= 4 is 11.9 Å². The fourth-order valence-electron chi connectivity index (χ4n) is 1.78. The molecule has 0 bridgehead atoms. The third-order valence-electron chi connectivity index (χ3n) is 2.95. The number of carbonyl (C=O) groups excluding carboxylic acids is 2. The first-order valence-electron chi connectivity index (χ1n) is 7.44. The largest absolute Gasteiger partial charge is 0.393 e. The SMILES string of the molecule is CCCCCCCCCC(=O)OC(=O)CCCC. The van der Waals surface area contributed by atoms with Crippen LogP contribution in [0, 0.1) is 0 Å². The van der Waals surface area contributed by atoms with Gasteiger partial charge in [-0.3, -0.25) is 9.59 Å². The highest BCUT2D eigenvalue weighted by Gasteiger charge is 2.09. The molecular weight excluding hydrogens is 228 g/mol. The van der Waals surface area contributed by atoms with Gasteiger partial charge in [-0.2, -0.15) is 0 Å². The average Bonchev–Trinajstić information content (AvgIpc) is 2.35. The molecule has 0 radical (unpaired) electrons. The quantitative estimate of drug-likeness (QED) is 0.313. The van der Waals surface area contributed by atoms with E-state index in [0.29, 0.717) is 12.8 Å². The minimum Gasteiger partial charge on any atom is -0.393 e. The van der Waals surface area contributed by atoms with Crippen LogP contribution in [0.2, 0.25) is 0 Å². The second kappa shape index (κ2) is 12.6. The molecule has 0 saturated carbocycles. The number of ether oxygens (including phenoxy) is 1. The number of esters is 2. The van der Waals surface area contributed by atoms with E-state index in [1.54, 1.807) is 0 Å².